The van der Waals surface area contributed by atoms with Gasteiger partial charge in [0.1, 0.15) is 18.1 Å². The first-order valence-corrected chi connectivity index (χ1v) is 14.3. The summed E-state index contributed by atoms with van der Waals surface area (Å²) in [5, 5.41) is 3.22. The van der Waals surface area contributed by atoms with Crippen molar-refractivity contribution >= 4 is 17.5 Å². The maximum Gasteiger partial charge on any atom is 0.257 e. The van der Waals surface area contributed by atoms with Crippen LogP contribution in [0.4, 0.5) is 5.69 Å². The molecule has 2 aromatic carbocycles. The second kappa shape index (κ2) is 12.3. The number of nitrogens with one attached hydrogen (secondary N) is 1. The fourth-order valence-electron chi connectivity index (χ4n) is 6.04. The zero-order valence-electron chi connectivity index (χ0n) is 23.2. The van der Waals surface area contributed by atoms with Crippen molar-refractivity contribution in [1.29, 1.82) is 0 Å². The van der Waals surface area contributed by atoms with Crippen molar-refractivity contribution in [3.8, 4) is 11.5 Å². The molecule has 5 rings (SSSR count). The Labute approximate surface area is 231 Å². The lowest BCUT2D eigenvalue weighted by Gasteiger charge is -2.41. The Morgan fingerprint density at radius 3 is 2.56 bits per heavy atom. The average molecular weight is 536 g/mol. The van der Waals surface area contributed by atoms with Gasteiger partial charge >= 0.3 is 0 Å². The van der Waals surface area contributed by atoms with Crippen LogP contribution in [0.1, 0.15) is 54.9 Å². The molecule has 0 bridgehead atoms. The third-order valence-corrected chi connectivity index (χ3v) is 8.47. The molecule has 0 aliphatic carbocycles. The second-order valence-corrected chi connectivity index (χ2v) is 11.1. The molecule has 1 spiro atoms. The Kier molecular flexibility index (Phi) is 8.60. The van der Waals surface area contributed by atoms with E-state index in [0.29, 0.717) is 57.1 Å². The van der Waals surface area contributed by atoms with Crippen LogP contribution in [-0.2, 0) is 16.0 Å². The molecule has 39 heavy (non-hydrogen) atoms. The molecule has 2 fully saturated rings. The number of benzene rings is 2. The number of anilines is 1. The van der Waals surface area contributed by atoms with Crippen LogP contribution in [0, 0.1) is 5.41 Å². The molecule has 3 heterocycles. The molecule has 2 saturated heterocycles. The van der Waals surface area contributed by atoms with Crippen LogP contribution in [0.15, 0.2) is 42.5 Å². The summed E-state index contributed by atoms with van der Waals surface area (Å²) in [7, 11) is 1.60. The molecule has 0 aromatic heterocycles. The summed E-state index contributed by atoms with van der Waals surface area (Å²) in [6.45, 7) is 6.49. The van der Waals surface area contributed by atoms with Gasteiger partial charge in [-0.05, 0) is 68.9 Å². The molecule has 210 valence electrons. The number of methoxy groups -OCH3 is 1. The smallest absolute Gasteiger partial charge is 0.257 e. The van der Waals surface area contributed by atoms with E-state index in [1.807, 2.05) is 42.2 Å². The summed E-state index contributed by atoms with van der Waals surface area (Å²) >= 11 is 0. The van der Waals surface area contributed by atoms with Gasteiger partial charge in [-0.1, -0.05) is 24.6 Å². The lowest BCUT2D eigenvalue weighted by Crippen LogP contribution is -2.52. The number of hydrogen-bond acceptors (Lipinski definition) is 6. The first kappa shape index (κ1) is 27.3. The van der Waals surface area contributed by atoms with Gasteiger partial charge in [0, 0.05) is 31.9 Å². The van der Waals surface area contributed by atoms with Gasteiger partial charge in [-0.3, -0.25) is 9.59 Å². The molecule has 0 unspecified atom stereocenters. The summed E-state index contributed by atoms with van der Waals surface area (Å²) in [5.41, 5.74) is 2.33. The number of hydrogen-bond donors (Lipinski definition) is 1. The first-order valence-electron chi connectivity index (χ1n) is 14.3. The highest BCUT2D eigenvalue weighted by atomic mass is 16.5. The minimum Gasteiger partial charge on any atom is -0.496 e. The van der Waals surface area contributed by atoms with Gasteiger partial charge in [0.25, 0.3) is 5.91 Å². The number of carbonyl (C=O) groups is 2. The van der Waals surface area contributed by atoms with E-state index < -0.39 is 5.41 Å². The number of fused-ring (bicyclic) bond motifs is 1. The number of morpholine rings is 1. The predicted molar refractivity (Wildman–Crippen MR) is 151 cm³/mol. The Morgan fingerprint density at radius 2 is 1.79 bits per heavy atom. The van der Waals surface area contributed by atoms with Gasteiger partial charge in [-0.25, -0.2) is 0 Å². The number of rotatable bonds is 3. The zero-order chi connectivity index (χ0) is 27.2. The summed E-state index contributed by atoms with van der Waals surface area (Å²) < 4.78 is 17.1. The zero-order valence-corrected chi connectivity index (χ0v) is 23.2. The number of amides is 2. The third kappa shape index (κ3) is 6.16. The number of carbonyl (C=O) groups excluding carboxylic acids is 2. The second-order valence-electron chi connectivity index (χ2n) is 11.1. The summed E-state index contributed by atoms with van der Waals surface area (Å²) in [6.07, 6.45) is 5.03. The van der Waals surface area contributed by atoms with E-state index in [0.717, 1.165) is 50.2 Å². The highest BCUT2D eigenvalue weighted by molar-refractivity contribution is 5.98. The number of likely N-dealkylation sites (tertiary alicyclic amines) is 1. The number of para-hydroxylation sites is 1. The van der Waals surface area contributed by atoms with Gasteiger partial charge in [-0.15, -0.1) is 0 Å². The Hall–Kier alpha value is -3.26. The maximum atomic E-state index is 13.7. The van der Waals surface area contributed by atoms with Gasteiger partial charge in [0.05, 0.1) is 37.3 Å². The van der Waals surface area contributed by atoms with Crippen molar-refractivity contribution in [2.75, 3.05) is 58.0 Å². The maximum absolute atomic E-state index is 13.7. The van der Waals surface area contributed by atoms with Crippen molar-refractivity contribution in [3.05, 3.63) is 53.6 Å². The Bertz CT molecular complexity index is 1150. The molecule has 8 nitrogen and oxygen atoms in total. The monoisotopic (exact) mass is 535 g/mol. The van der Waals surface area contributed by atoms with Crippen molar-refractivity contribution in [2.24, 2.45) is 5.41 Å². The van der Waals surface area contributed by atoms with Crippen LogP contribution < -0.4 is 19.7 Å². The van der Waals surface area contributed by atoms with Gasteiger partial charge < -0.3 is 29.3 Å². The number of aryl methyl sites for hydroxylation is 1. The van der Waals surface area contributed by atoms with Crippen LogP contribution in [0.3, 0.4) is 0 Å². The summed E-state index contributed by atoms with van der Waals surface area (Å²) in [6, 6.07) is 13.9. The standard InChI is InChI=1S/C31H41N3O5/c1-23-22-39-27-9-4-3-7-24(27)8-5-6-12-31(30(36)32-23)13-15-34(16-14-31)29(35)26-21-25(10-11-28(26)37-2)33-17-19-38-20-18-33/h3-4,7,9-11,21,23H,5-6,8,12-20,22H2,1-2H3,(H,32,36)/t23-/m1/s1. The molecule has 1 atom stereocenters. The SMILES string of the molecule is COc1ccc(N2CCOCC2)cc1C(=O)N1CCC2(CCCCc3ccccc3OC[C@@H](C)NC2=O)CC1. The Morgan fingerprint density at radius 1 is 1.03 bits per heavy atom. The molecular formula is C31H41N3O5. The van der Waals surface area contributed by atoms with Crippen LogP contribution in [0.2, 0.25) is 0 Å². The van der Waals surface area contributed by atoms with Crippen molar-refractivity contribution < 1.29 is 23.8 Å². The van der Waals surface area contributed by atoms with E-state index in [-0.39, 0.29) is 17.9 Å². The summed E-state index contributed by atoms with van der Waals surface area (Å²) in [5.74, 6) is 1.54. The largest absolute Gasteiger partial charge is 0.496 e. The van der Waals surface area contributed by atoms with Crippen molar-refractivity contribution in [2.45, 2.75) is 51.5 Å². The highest BCUT2D eigenvalue weighted by Crippen LogP contribution is 2.39. The molecular weight excluding hydrogens is 494 g/mol. The Balaban J connectivity index is 1.28. The lowest BCUT2D eigenvalue weighted by atomic mass is 9.73. The molecule has 3 aliphatic heterocycles. The van der Waals surface area contributed by atoms with Crippen LogP contribution >= 0.6 is 0 Å². The fraction of sp³-hybridized carbons (Fsp3) is 0.548. The van der Waals surface area contributed by atoms with E-state index in [2.05, 4.69) is 22.3 Å². The van der Waals surface area contributed by atoms with E-state index in [9.17, 15) is 9.59 Å². The average Bonchev–Trinajstić information content (AvgIpc) is 2.98. The molecule has 3 aliphatic rings. The topological polar surface area (TPSA) is 80.3 Å². The van der Waals surface area contributed by atoms with Crippen LogP contribution in [0.5, 0.6) is 11.5 Å². The molecule has 2 amide bonds. The quantitative estimate of drug-likeness (QED) is 0.639. The van der Waals surface area contributed by atoms with E-state index in [1.165, 1.54) is 5.56 Å². The normalized spacial score (nSPS) is 22.1. The third-order valence-electron chi connectivity index (χ3n) is 8.47. The minimum atomic E-state index is -0.469. The van der Waals surface area contributed by atoms with Crippen molar-refractivity contribution in [3.63, 3.8) is 0 Å². The molecule has 0 radical (unpaired) electrons. The van der Waals surface area contributed by atoms with Crippen LogP contribution in [0.25, 0.3) is 0 Å². The molecule has 1 N–H and O–H groups in total. The van der Waals surface area contributed by atoms with E-state index >= 15 is 0 Å². The number of ether oxygens (including phenoxy) is 3. The predicted octanol–water partition coefficient (Wildman–Crippen LogP) is 4.06. The van der Waals surface area contributed by atoms with E-state index in [4.69, 9.17) is 14.2 Å². The first-order chi connectivity index (χ1) is 19.0. The van der Waals surface area contributed by atoms with Crippen molar-refractivity contribution in [1.82, 2.24) is 10.2 Å². The van der Waals surface area contributed by atoms with Gasteiger partial charge in [0.2, 0.25) is 5.91 Å². The lowest BCUT2D eigenvalue weighted by molar-refractivity contribution is -0.135. The summed E-state index contributed by atoms with van der Waals surface area (Å²) in [4.78, 5) is 31.5. The van der Waals surface area contributed by atoms with Gasteiger partial charge in [-0.2, -0.15) is 0 Å². The van der Waals surface area contributed by atoms with Gasteiger partial charge in [0.15, 0.2) is 0 Å². The van der Waals surface area contributed by atoms with Crippen LogP contribution in [-0.4, -0.2) is 75.9 Å². The molecule has 8 heteroatoms. The minimum absolute atomic E-state index is 0.0382. The number of nitrogens with zero attached hydrogens (tertiary/aromatic N) is 2. The molecule has 0 saturated carbocycles. The van der Waals surface area contributed by atoms with E-state index in [1.54, 1.807) is 7.11 Å². The molecule has 2 aromatic rings. The fourth-order valence-corrected chi connectivity index (χ4v) is 6.04. The highest BCUT2D eigenvalue weighted by Gasteiger charge is 2.42. The number of piperidine rings is 1.